The Bertz CT molecular complexity index is 454. The average Bonchev–Trinajstić information content (AvgIpc) is 2.62. The Hall–Kier alpha value is -1.08. The zero-order valence-corrected chi connectivity index (χ0v) is 14.1. The molecule has 0 amide bonds. The Balaban J connectivity index is 1.45. The van der Waals surface area contributed by atoms with Crippen LogP contribution in [0.25, 0.3) is 0 Å². The Morgan fingerprint density at radius 1 is 1.13 bits per heavy atom. The zero-order chi connectivity index (χ0) is 15.9. The van der Waals surface area contributed by atoms with E-state index in [-0.39, 0.29) is 6.10 Å². The quantitative estimate of drug-likeness (QED) is 0.791. The van der Waals surface area contributed by atoms with E-state index in [2.05, 4.69) is 19.8 Å². The SMILES string of the molecule is COCCN1CCN(Cc2cnc([C@@H]3CCCCO3)nc2)CC1. The van der Waals surface area contributed by atoms with Crippen molar-refractivity contribution in [1.82, 2.24) is 19.8 Å². The molecule has 0 bridgehead atoms. The summed E-state index contributed by atoms with van der Waals surface area (Å²) in [5, 5.41) is 0. The molecular formula is C17H28N4O2. The van der Waals surface area contributed by atoms with Gasteiger partial charge in [-0.15, -0.1) is 0 Å². The highest BCUT2D eigenvalue weighted by Gasteiger charge is 2.19. The number of piperazine rings is 1. The summed E-state index contributed by atoms with van der Waals surface area (Å²) >= 11 is 0. The minimum absolute atomic E-state index is 0.0992. The van der Waals surface area contributed by atoms with E-state index in [1.165, 1.54) is 12.0 Å². The van der Waals surface area contributed by atoms with Gasteiger partial charge in [0.05, 0.1) is 6.61 Å². The molecule has 3 heterocycles. The zero-order valence-electron chi connectivity index (χ0n) is 14.1. The number of methoxy groups -OCH3 is 1. The maximum Gasteiger partial charge on any atom is 0.157 e. The normalized spacial score (nSPS) is 24.0. The van der Waals surface area contributed by atoms with E-state index in [4.69, 9.17) is 9.47 Å². The molecule has 128 valence electrons. The average molecular weight is 320 g/mol. The topological polar surface area (TPSA) is 50.7 Å². The summed E-state index contributed by atoms with van der Waals surface area (Å²) in [6.07, 6.45) is 7.45. The standard InChI is InChI=1S/C17H28N4O2/c1-22-11-9-20-5-7-21(8-6-20)14-15-12-18-17(19-13-15)16-4-2-3-10-23-16/h12-13,16H,2-11,14H2,1H3/t16-/m0/s1. The lowest BCUT2D eigenvalue weighted by Crippen LogP contribution is -2.46. The molecule has 2 fully saturated rings. The number of aromatic nitrogens is 2. The van der Waals surface area contributed by atoms with E-state index in [0.717, 1.165) is 71.1 Å². The molecule has 6 heteroatoms. The number of nitrogens with zero attached hydrogens (tertiary/aromatic N) is 4. The van der Waals surface area contributed by atoms with E-state index in [1.54, 1.807) is 7.11 Å². The molecule has 1 atom stereocenters. The van der Waals surface area contributed by atoms with Crippen molar-refractivity contribution in [1.29, 1.82) is 0 Å². The predicted octanol–water partition coefficient (Wildman–Crippen LogP) is 1.48. The largest absolute Gasteiger partial charge is 0.383 e. The predicted molar refractivity (Wildman–Crippen MR) is 88.2 cm³/mol. The second-order valence-electron chi connectivity index (χ2n) is 6.42. The first-order chi connectivity index (χ1) is 11.3. The van der Waals surface area contributed by atoms with Crippen molar-refractivity contribution in [2.75, 3.05) is 53.0 Å². The van der Waals surface area contributed by atoms with Gasteiger partial charge in [-0.1, -0.05) is 0 Å². The van der Waals surface area contributed by atoms with Crippen molar-refractivity contribution in [3.63, 3.8) is 0 Å². The molecule has 2 aliphatic heterocycles. The molecule has 0 spiro atoms. The molecule has 23 heavy (non-hydrogen) atoms. The van der Waals surface area contributed by atoms with Crippen molar-refractivity contribution >= 4 is 0 Å². The van der Waals surface area contributed by atoms with E-state index < -0.39 is 0 Å². The van der Waals surface area contributed by atoms with E-state index >= 15 is 0 Å². The van der Waals surface area contributed by atoms with Gasteiger partial charge in [-0.3, -0.25) is 9.80 Å². The van der Waals surface area contributed by atoms with Gasteiger partial charge in [0.25, 0.3) is 0 Å². The van der Waals surface area contributed by atoms with Gasteiger partial charge in [0.15, 0.2) is 5.82 Å². The molecule has 0 aliphatic carbocycles. The molecule has 0 unspecified atom stereocenters. The summed E-state index contributed by atoms with van der Waals surface area (Å²) in [4.78, 5) is 14.0. The van der Waals surface area contributed by atoms with E-state index in [0.29, 0.717) is 0 Å². The maximum atomic E-state index is 5.75. The van der Waals surface area contributed by atoms with Crippen molar-refractivity contribution in [2.45, 2.75) is 31.9 Å². The number of ether oxygens (including phenoxy) is 2. The monoisotopic (exact) mass is 320 g/mol. The first-order valence-electron chi connectivity index (χ1n) is 8.71. The van der Waals surface area contributed by atoms with Gasteiger partial charge in [-0.05, 0) is 19.3 Å². The molecule has 1 aromatic rings. The third-order valence-corrected chi connectivity index (χ3v) is 4.68. The molecule has 0 radical (unpaired) electrons. The van der Waals surface area contributed by atoms with Gasteiger partial charge >= 0.3 is 0 Å². The molecule has 2 saturated heterocycles. The van der Waals surface area contributed by atoms with Gasteiger partial charge in [0, 0.05) is 70.9 Å². The Kier molecular flexibility index (Phi) is 6.33. The molecule has 2 aliphatic rings. The van der Waals surface area contributed by atoms with Crippen molar-refractivity contribution < 1.29 is 9.47 Å². The lowest BCUT2D eigenvalue weighted by molar-refractivity contribution is 0.00937. The minimum atomic E-state index is 0.0992. The molecule has 0 N–H and O–H groups in total. The van der Waals surface area contributed by atoms with Crippen LogP contribution in [0.3, 0.4) is 0 Å². The van der Waals surface area contributed by atoms with Gasteiger partial charge in [0.1, 0.15) is 6.10 Å². The van der Waals surface area contributed by atoms with Crippen LogP contribution in [0, 0.1) is 0 Å². The van der Waals surface area contributed by atoms with E-state index in [9.17, 15) is 0 Å². The minimum Gasteiger partial charge on any atom is -0.383 e. The van der Waals surface area contributed by atoms with Crippen LogP contribution in [0.1, 0.15) is 36.8 Å². The van der Waals surface area contributed by atoms with Crippen LogP contribution in [0.15, 0.2) is 12.4 Å². The van der Waals surface area contributed by atoms with Crippen LogP contribution in [-0.4, -0.2) is 72.8 Å². The summed E-state index contributed by atoms with van der Waals surface area (Å²) < 4.78 is 10.9. The number of hydrogen-bond acceptors (Lipinski definition) is 6. The highest BCUT2D eigenvalue weighted by Crippen LogP contribution is 2.24. The summed E-state index contributed by atoms with van der Waals surface area (Å²) in [7, 11) is 1.76. The molecule has 1 aromatic heterocycles. The van der Waals surface area contributed by atoms with Gasteiger partial charge in [0.2, 0.25) is 0 Å². The van der Waals surface area contributed by atoms with Crippen molar-refractivity contribution in [3.05, 3.63) is 23.8 Å². The smallest absolute Gasteiger partial charge is 0.157 e. The summed E-state index contributed by atoms with van der Waals surface area (Å²) in [5.74, 6) is 0.845. The maximum absolute atomic E-state index is 5.75. The second kappa shape index (κ2) is 8.68. The van der Waals surface area contributed by atoms with Crippen LogP contribution in [0.4, 0.5) is 0 Å². The molecule has 0 saturated carbocycles. The Morgan fingerprint density at radius 3 is 2.52 bits per heavy atom. The highest BCUT2D eigenvalue weighted by atomic mass is 16.5. The third-order valence-electron chi connectivity index (χ3n) is 4.68. The van der Waals surface area contributed by atoms with Crippen LogP contribution < -0.4 is 0 Å². The van der Waals surface area contributed by atoms with Gasteiger partial charge < -0.3 is 9.47 Å². The fraction of sp³-hybridized carbons (Fsp3) is 0.765. The van der Waals surface area contributed by atoms with Gasteiger partial charge in [-0.2, -0.15) is 0 Å². The number of hydrogen-bond donors (Lipinski definition) is 0. The first kappa shape index (κ1) is 16.8. The van der Waals surface area contributed by atoms with Crippen LogP contribution in [0.5, 0.6) is 0 Å². The van der Waals surface area contributed by atoms with Crippen LogP contribution >= 0.6 is 0 Å². The first-order valence-corrected chi connectivity index (χ1v) is 8.71. The fourth-order valence-electron chi connectivity index (χ4n) is 3.21. The van der Waals surface area contributed by atoms with Crippen LogP contribution in [0.2, 0.25) is 0 Å². The molecule has 6 nitrogen and oxygen atoms in total. The third kappa shape index (κ3) is 4.94. The molecular weight excluding hydrogens is 292 g/mol. The summed E-state index contributed by atoms with van der Waals surface area (Å²) in [6, 6.07) is 0. The summed E-state index contributed by atoms with van der Waals surface area (Å²) in [5.41, 5.74) is 1.19. The van der Waals surface area contributed by atoms with Crippen molar-refractivity contribution in [2.24, 2.45) is 0 Å². The lowest BCUT2D eigenvalue weighted by Gasteiger charge is -2.34. The van der Waals surface area contributed by atoms with Crippen LogP contribution in [-0.2, 0) is 16.0 Å². The highest BCUT2D eigenvalue weighted by molar-refractivity contribution is 5.07. The number of rotatable bonds is 6. The Labute approximate surface area is 138 Å². The fourth-order valence-corrected chi connectivity index (χ4v) is 3.21. The molecule has 3 rings (SSSR count). The summed E-state index contributed by atoms with van der Waals surface area (Å²) in [6.45, 7) is 8.03. The lowest BCUT2D eigenvalue weighted by atomic mass is 10.1. The van der Waals surface area contributed by atoms with Crippen molar-refractivity contribution in [3.8, 4) is 0 Å². The Morgan fingerprint density at radius 2 is 1.87 bits per heavy atom. The van der Waals surface area contributed by atoms with E-state index in [1.807, 2.05) is 12.4 Å². The second-order valence-corrected chi connectivity index (χ2v) is 6.42. The molecule has 0 aromatic carbocycles. The van der Waals surface area contributed by atoms with Gasteiger partial charge in [-0.25, -0.2) is 9.97 Å².